The molecule has 0 aromatic heterocycles. The molecule has 2 aromatic rings. The van der Waals surface area contributed by atoms with Crippen molar-refractivity contribution in [3.05, 3.63) is 59.7 Å². The topological polar surface area (TPSA) is 70.9 Å². The van der Waals surface area contributed by atoms with Gasteiger partial charge in [-0.15, -0.1) is 0 Å². The number of rotatable bonds is 5. The summed E-state index contributed by atoms with van der Waals surface area (Å²) in [5.74, 6) is -0.498. The van der Waals surface area contributed by atoms with Crippen LogP contribution in [-0.4, -0.2) is 23.8 Å². The van der Waals surface area contributed by atoms with Gasteiger partial charge in [0.15, 0.2) is 0 Å². The molecule has 0 unspecified atom stereocenters. The molecule has 0 saturated heterocycles. The number of nitrogens with one attached hydrogen (secondary N) is 1. The highest BCUT2D eigenvalue weighted by Crippen LogP contribution is 2.18. The number of carbonyl (C=O) groups excluding carboxylic acids is 1. The summed E-state index contributed by atoms with van der Waals surface area (Å²) in [5, 5.41) is 12.8. The number of hydrogen-bond donors (Lipinski definition) is 2. The molecule has 0 spiro atoms. The van der Waals surface area contributed by atoms with Crippen molar-refractivity contribution in [1.82, 2.24) is 5.43 Å². The minimum absolute atomic E-state index is 0.0399. The van der Waals surface area contributed by atoms with Gasteiger partial charge in [-0.05, 0) is 36.4 Å². The van der Waals surface area contributed by atoms with Crippen molar-refractivity contribution in [3.63, 3.8) is 0 Å². The Morgan fingerprint density at radius 2 is 1.86 bits per heavy atom. The lowest BCUT2D eigenvalue weighted by Gasteiger charge is -2.06. The second kappa shape index (κ2) is 7.16. The Morgan fingerprint density at radius 3 is 2.55 bits per heavy atom. The summed E-state index contributed by atoms with van der Waals surface area (Å²) in [4.78, 5) is 11.8. The number of carbonyl (C=O) groups is 1. The minimum atomic E-state index is -2.94. The first kappa shape index (κ1) is 15.4. The molecule has 22 heavy (non-hydrogen) atoms. The third-order valence-electron chi connectivity index (χ3n) is 2.63. The number of nitrogens with zero attached hydrogens (tertiary/aromatic N) is 1. The van der Waals surface area contributed by atoms with Crippen LogP contribution in [0.5, 0.6) is 11.5 Å². The van der Waals surface area contributed by atoms with Crippen LogP contribution in [0.25, 0.3) is 0 Å². The highest BCUT2D eigenvalue weighted by Gasteiger charge is 2.08. The Bertz CT molecular complexity index is 673. The number of ether oxygens (including phenoxy) is 1. The van der Waals surface area contributed by atoms with Crippen molar-refractivity contribution < 1.29 is 23.4 Å². The molecule has 0 atom stereocenters. The van der Waals surface area contributed by atoms with Crippen molar-refractivity contribution in [3.8, 4) is 11.5 Å². The number of phenols is 1. The zero-order chi connectivity index (χ0) is 15.9. The second-order valence-corrected chi connectivity index (χ2v) is 4.16. The van der Waals surface area contributed by atoms with E-state index in [1.165, 1.54) is 42.6 Å². The van der Waals surface area contributed by atoms with Crippen LogP contribution in [0.4, 0.5) is 8.78 Å². The van der Waals surface area contributed by atoms with Crippen LogP contribution in [0.15, 0.2) is 53.6 Å². The second-order valence-electron chi connectivity index (χ2n) is 4.16. The first-order valence-electron chi connectivity index (χ1n) is 6.22. The van der Waals surface area contributed by atoms with Gasteiger partial charge >= 0.3 is 6.61 Å². The summed E-state index contributed by atoms with van der Waals surface area (Å²) in [6.07, 6.45) is 1.20. The van der Waals surface area contributed by atoms with E-state index in [1.807, 2.05) is 0 Å². The molecule has 1 amide bonds. The SMILES string of the molecule is O=C(N/N=C/c1ccccc1OC(F)F)c1ccc(O)cc1. The average molecular weight is 306 g/mol. The lowest BCUT2D eigenvalue weighted by Crippen LogP contribution is -2.17. The maximum Gasteiger partial charge on any atom is 0.387 e. The fourth-order valence-corrected chi connectivity index (χ4v) is 1.63. The van der Waals surface area contributed by atoms with Gasteiger partial charge in [-0.3, -0.25) is 4.79 Å². The van der Waals surface area contributed by atoms with Crippen LogP contribution in [0.3, 0.4) is 0 Å². The lowest BCUT2D eigenvalue weighted by atomic mass is 10.2. The summed E-state index contributed by atoms with van der Waals surface area (Å²) in [6.45, 7) is -2.94. The van der Waals surface area contributed by atoms with Gasteiger partial charge in [-0.25, -0.2) is 5.43 Å². The molecule has 0 radical (unpaired) electrons. The molecule has 0 aliphatic carbocycles. The standard InChI is InChI=1S/C15H12F2N2O3/c16-15(17)22-13-4-2-1-3-11(13)9-18-19-14(21)10-5-7-12(20)8-6-10/h1-9,15,20H,(H,19,21)/b18-9+. The van der Waals surface area contributed by atoms with Crippen LogP contribution < -0.4 is 10.2 Å². The first-order chi connectivity index (χ1) is 10.6. The predicted molar refractivity (Wildman–Crippen MR) is 76.2 cm³/mol. The number of aromatic hydroxyl groups is 1. The molecule has 0 aliphatic rings. The van der Waals surface area contributed by atoms with Gasteiger partial charge in [-0.1, -0.05) is 12.1 Å². The number of amides is 1. The Labute approximate surface area is 124 Å². The Balaban J connectivity index is 2.03. The molecular formula is C15H12F2N2O3. The fourth-order valence-electron chi connectivity index (χ4n) is 1.63. The monoisotopic (exact) mass is 306 g/mol. The minimum Gasteiger partial charge on any atom is -0.508 e. The molecule has 0 bridgehead atoms. The normalized spacial score (nSPS) is 10.9. The van der Waals surface area contributed by atoms with Crippen LogP contribution in [-0.2, 0) is 0 Å². The molecule has 7 heteroatoms. The van der Waals surface area contributed by atoms with Gasteiger partial charge in [0.1, 0.15) is 11.5 Å². The summed E-state index contributed by atoms with van der Waals surface area (Å²) in [5.41, 5.74) is 2.85. The van der Waals surface area contributed by atoms with E-state index >= 15 is 0 Å². The number of hydrogen-bond acceptors (Lipinski definition) is 4. The van der Waals surface area contributed by atoms with E-state index in [1.54, 1.807) is 12.1 Å². The van der Waals surface area contributed by atoms with Crippen molar-refractivity contribution in [2.75, 3.05) is 0 Å². The third kappa shape index (κ3) is 4.27. The maximum absolute atomic E-state index is 12.2. The quantitative estimate of drug-likeness (QED) is 0.659. The van der Waals surface area contributed by atoms with Crippen LogP contribution in [0, 0.1) is 0 Å². The van der Waals surface area contributed by atoms with Crippen molar-refractivity contribution >= 4 is 12.1 Å². The fraction of sp³-hybridized carbons (Fsp3) is 0.0667. The Hall–Kier alpha value is -2.96. The number of phenolic OH excluding ortho intramolecular Hbond substituents is 1. The largest absolute Gasteiger partial charge is 0.508 e. The van der Waals surface area contributed by atoms with E-state index in [9.17, 15) is 13.6 Å². The molecule has 114 valence electrons. The molecule has 2 rings (SSSR count). The summed E-state index contributed by atoms with van der Waals surface area (Å²) in [6, 6.07) is 11.6. The van der Waals surface area contributed by atoms with Crippen molar-refractivity contribution in [2.45, 2.75) is 6.61 Å². The van der Waals surface area contributed by atoms with Crippen molar-refractivity contribution in [1.29, 1.82) is 0 Å². The van der Waals surface area contributed by atoms with E-state index in [4.69, 9.17) is 5.11 Å². The van der Waals surface area contributed by atoms with Gasteiger partial charge in [-0.2, -0.15) is 13.9 Å². The molecule has 0 aliphatic heterocycles. The van der Waals surface area contributed by atoms with Gasteiger partial charge in [0.05, 0.1) is 6.21 Å². The average Bonchev–Trinajstić information content (AvgIpc) is 2.49. The lowest BCUT2D eigenvalue weighted by molar-refractivity contribution is -0.0499. The van der Waals surface area contributed by atoms with Gasteiger partial charge in [0.2, 0.25) is 0 Å². The highest BCUT2D eigenvalue weighted by molar-refractivity contribution is 5.95. The van der Waals surface area contributed by atoms with E-state index in [0.29, 0.717) is 11.1 Å². The van der Waals surface area contributed by atoms with Gasteiger partial charge in [0.25, 0.3) is 5.91 Å². The zero-order valence-electron chi connectivity index (χ0n) is 11.2. The van der Waals surface area contributed by atoms with Crippen LogP contribution >= 0.6 is 0 Å². The number of benzene rings is 2. The van der Waals surface area contributed by atoms with Gasteiger partial charge < -0.3 is 9.84 Å². The Morgan fingerprint density at radius 1 is 1.18 bits per heavy atom. The molecule has 2 aromatic carbocycles. The van der Waals surface area contributed by atoms with E-state index in [2.05, 4.69) is 15.3 Å². The number of halogens is 2. The van der Waals surface area contributed by atoms with Crippen molar-refractivity contribution in [2.24, 2.45) is 5.10 Å². The number of hydrazone groups is 1. The van der Waals surface area contributed by atoms with Crippen LogP contribution in [0.1, 0.15) is 15.9 Å². The van der Waals surface area contributed by atoms with E-state index < -0.39 is 12.5 Å². The summed E-state index contributed by atoms with van der Waals surface area (Å²) in [7, 11) is 0. The molecular weight excluding hydrogens is 294 g/mol. The van der Waals surface area contributed by atoms with E-state index in [-0.39, 0.29) is 11.5 Å². The molecule has 0 saturated carbocycles. The molecule has 0 heterocycles. The molecule has 2 N–H and O–H groups in total. The van der Waals surface area contributed by atoms with Crippen LogP contribution in [0.2, 0.25) is 0 Å². The summed E-state index contributed by atoms with van der Waals surface area (Å²) >= 11 is 0. The van der Waals surface area contributed by atoms with E-state index in [0.717, 1.165) is 0 Å². The smallest absolute Gasteiger partial charge is 0.387 e. The number of para-hydroxylation sites is 1. The predicted octanol–water partition coefficient (Wildman–Crippen LogP) is 2.76. The third-order valence-corrected chi connectivity index (χ3v) is 2.63. The highest BCUT2D eigenvalue weighted by atomic mass is 19.3. The first-order valence-corrected chi connectivity index (χ1v) is 6.22. The number of alkyl halides is 2. The maximum atomic E-state index is 12.2. The van der Waals surface area contributed by atoms with Gasteiger partial charge in [0, 0.05) is 11.1 Å². The molecule has 0 fully saturated rings. The summed E-state index contributed by atoms with van der Waals surface area (Å²) < 4.78 is 28.8. The molecule has 5 nitrogen and oxygen atoms in total. The zero-order valence-corrected chi connectivity index (χ0v) is 11.2. The Kier molecular flexibility index (Phi) is 5.02.